The minimum atomic E-state index is -0.342. The second-order valence-corrected chi connectivity index (χ2v) is 5.98. The summed E-state index contributed by atoms with van der Waals surface area (Å²) >= 11 is 0. The van der Waals surface area contributed by atoms with Crippen molar-refractivity contribution < 1.29 is 14.6 Å². The summed E-state index contributed by atoms with van der Waals surface area (Å²) in [5.74, 6) is 0.529. The minimum Gasteiger partial charge on any atom is -0.508 e. The van der Waals surface area contributed by atoms with Gasteiger partial charge in [-0.2, -0.15) is 0 Å². The van der Waals surface area contributed by atoms with Gasteiger partial charge in [0.05, 0.1) is 0 Å². The van der Waals surface area contributed by atoms with E-state index >= 15 is 0 Å². The molecule has 0 spiro atoms. The second kappa shape index (κ2) is 8.22. The van der Waals surface area contributed by atoms with Gasteiger partial charge in [-0.05, 0) is 29.2 Å². The van der Waals surface area contributed by atoms with E-state index in [-0.39, 0.29) is 18.4 Å². The zero-order valence-electron chi connectivity index (χ0n) is 13.6. The van der Waals surface area contributed by atoms with E-state index in [4.69, 9.17) is 4.74 Å². The summed E-state index contributed by atoms with van der Waals surface area (Å²) in [4.78, 5) is 14.1. The van der Waals surface area contributed by atoms with Crippen LogP contribution < -0.4 is 0 Å². The van der Waals surface area contributed by atoms with Crippen molar-refractivity contribution in [2.75, 3.05) is 6.54 Å². The maximum atomic E-state index is 12.4. The van der Waals surface area contributed by atoms with Gasteiger partial charge in [-0.25, -0.2) is 4.79 Å². The van der Waals surface area contributed by atoms with Crippen LogP contribution in [-0.2, 0) is 17.9 Å². The monoisotopic (exact) mass is 313 g/mol. The number of phenolic OH excluding ortho intramolecular Hbond substituents is 1. The van der Waals surface area contributed by atoms with Crippen molar-refractivity contribution in [3.05, 3.63) is 65.7 Å². The maximum Gasteiger partial charge on any atom is 0.410 e. The SMILES string of the molecule is CC(C)CN(Cc1cccc(O)c1)C(=O)OCc1ccccc1. The third kappa shape index (κ3) is 5.66. The zero-order chi connectivity index (χ0) is 16.7. The van der Waals surface area contributed by atoms with Crippen LogP contribution in [0.15, 0.2) is 54.6 Å². The van der Waals surface area contributed by atoms with Crippen molar-refractivity contribution in [1.82, 2.24) is 4.90 Å². The van der Waals surface area contributed by atoms with E-state index in [0.717, 1.165) is 11.1 Å². The number of nitrogens with zero attached hydrogens (tertiary/aromatic N) is 1. The summed E-state index contributed by atoms with van der Waals surface area (Å²) in [7, 11) is 0. The van der Waals surface area contributed by atoms with Crippen molar-refractivity contribution in [3.8, 4) is 5.75 Å². The Morgan fingerprint density at radius 2 is 1.78 bits per heavy atom. The molecule has 0 radical (unpaired) electrons. The molecular weight excluding hydrogens is 290 g/mol. The first-order chi connectivity index (χ1) is 11.0. The Bertz CT molecular complexity index is 626. The molecule has 2 aromatic rings. The first-order valence-electron chi connectivity index (χ1n) is 7.78. The van der Waals surface area contributed by atoms with Gasteiger partial charge in [-0.15, -0.1) is 0 Å². The Kier molecular flexibility index (Phi) is 6.03. The van der Waals surface area contributed by atoms with Crippen LogP contribution >= 0.6 is 0 Å². The molecule has 1 amide bonds. The first kappa shape index (κ1) is 16.9. The molecule has 23 heavy (non-hydrogen) atoms. The normalized spacial score (nSPS) is 10.6. The number of amides is 1. The topological polar surface area (TPSA) is 49.8 Å². The standard InChI is InChI=1S/C19H23NO3/c1-15(2)12-20(13-17-9-6-10-18(21)11-17)19(22)23-14-16-7-4-3-5-8-16/h3-11,15,21H,12-14H2,1-2H3. The van der Waals surface area contributed by atoms with Crippen molar-refractivity contribution in [3.63, 3.8) is 0 Å². The Balaban J connectivity index is 2.00. The van der Waals surface area contributed by atoms with E-state index in [1.54, 1.807) is 23.1 Å². The average molecular weight is 313 g/mol. The molecule has 1 N–H and O–H groups in total. The van der Waals surface area contributed by atoms with Crippen LogP contribution in [0, 0.1) is 5.92 Å². The Labute approximate surface area is 137 Å². The van der Waals surface area contributed by atoms with Gasteiger partial charge in [-0.3, -0.25) is 0 Å². The summed E-state index contributed by atoms with van der Waals surface area (Å²) in [6, 6.07) is 16.6. The van der Waals surface area contributed by atoms with E-state index in [1.165, 1.54) is 0 Å². The Morgan fingerprint density at radius 3 is 2.43 bits per heavy atom. The van der Waals surface area contributed by atoms with Gasteiger partial charge in [0.2, 0.25) is 0 Å². The van der Waals surface area contributed by atoms with Crippen molar-refractivity contribution >= 4 is 6.09 Å². The molecule has 0 aliphatic heterocycles. The average Bonchev–Trinajstić information content (AvgIpc) is 2.52. The number of hydrogen-bond donors (Lipinski definition) is 1. The lowest BCUT2D eigenvalue weighted by atomic mass is 10.1. The number of phenols is 1. The van der Waals surface area contributed by atoms with Crippen molar-refractivity contribution in [2.45, 2.75) is 27.0 Å². The van der Waals surface area contributed by atoms with Crippen LogP contribution in [0.4, 0.5) is 4.79 Å². The van der Waals surface area contributed by atoms with Gasteiger partial charge in [0, 0.05) is 13.1 Å². The number of carbonyl (C=O) groups excluding carboxylic acids is 1. The molecule has 0 saturated heterocycles. The molecule has 0 unspecified atom stereocenters. The fraction of sp³-hybridized carbons (Fsp3) is 0.316. The van der Waals surface area contributed by atoms with Crippen LogP contribution in [0.3, 0.4) is 0 Å². The second-order valence-electron chi connectivity index (χ2n) is 5.98. The van der Waals surface area contributed by atoms with E-state index < -0.39 is 0 Å². The molecule has 0 aliphatic carbocycles. The fourth-order valence-corrected chi connectivity index (χ4v) is 2.33. The lowest BCUT2D eigenvalue weighted by Crippen LogP contribution is -2.34. The Morgan fingerprint density at radius 1 is 1.09 bits per heavy atom. The number of aromatic hydroxyl groups is 1. The molecule has 0 fully saturated rings. The third-order valence-electron chi connectivity index (χ3n) is 3.33. The summed E-state index contributed by atoms with van der Waals surface area (Å²) in [5.41, 5.74) is 1.84. The first-order valence-corrected chi connectivity index (χ1v) is 7.78. The van der Waals surface area contributed by atoms with E-state index in [9.17, 15) is 9.90 Å². The van der Waals surface area contributed by atoms with Gasteiger partial charge in [0.25, 0.3) is 0 Å². The van der Waals surface area contributed by atoms with Crippen molar-refractivity contribution in [1.29, 1.82) is 0 Å². The molecule has 4 heteroatoms. The summed E-state index contributed by atoms with van der Waals surface area (Å²) in [6.07, 6.45) is -0.342. The van der Waals surface area contributed by atoms with Gasteiger partial charge in [0.1, 0.15) is 12.4 Å². The summed E-state index contributed by atoms with van der Waals surface area (Å²) in [6.45, 7) is 5.39. The molecule has 122 valence electrons. The number of carbonyl (C=O) groups is 1. The molecule has 2 rings (SSSR count). The predicted molar refractivity (Wildman–Crippen MR) is 90.0 cm³/mol. The van der Waals surface area contributed by atoms with E-state index in [2.05, 4.69) is 13.8 Å². The van der Waals surface area contributed by atoms with E-state index in [1.807, 2.05) is 36.4 Å². The molecule has 0 aliphatic rings. The fourth-order valence-electron chi connectivity index (χ4n) is 2.33. The van der Waals surface area contributed by atoms with Crippen LogP contribution in [0.25, 0.3) is 0 Å². The highest BCUT2D eigenvalue weighted by atomic mass is 16.6. The highest BCUT2D eigenvalue weighted by molar-refractivity contribution is 5.67. The molecule has 4 nitrogen and oxygen atoms in total. The Hall–Kier alpha value is -2.49. The molecule has 0 atom stereocenters. The number of hydrogen-bond acceptors (Lipinski definition) is 3. The van der Waals surface area contributed by atoms with Gasteiger partial charge in [0.15, 0.2) is 0 Å². The molecule has 2 aromatic carbocycles. The molecule has 0 aromatic heterocycles. The molecule has 0 heterocycles. The summed E-state index contributed by atoms with van der Waals surface area (Å²) in [5, 5.41) is 9.56. The highest BCUT2D eigenvalue weighted by Crippen LogP contribution is 2.15. The minimum absolute atomic E-state index is 0.199. The third-order valence-corrected chi connectivity index (χ3v) is 3.33. The smallest absolute Gasteiger partial charge is 0.410 e. The number of benzene rings is 2. The van der Waals surface area contributed by atoms with Gasteiger partial charge < -0.3 is 14.7 Å². The van der Waals surface area contributed by atoms with Crippen LogP contribution in [0.1, 0.15) is 25.0 Å². The highest BCUT2D eigenvalue weighted by Gasteiger charge is 2.17. The van der Waals surface area contributed by atoms with E-state index in [0.29, 0.717) is 19.0 Å². The molecule has 0 bridgehead atoms. The van der Waals surface area contributed by atoms with Gasteiger partial charge >= 0.3 is 6.09 Å². The molecular formula is C19H23NO3. The lowest BCUT2D eigenvalue weighted by Gasteiger charge is -2.24. The maximum absolute atomic E-state index is 12.4. The summed E-state index contributed by atoms with van der Waals surface area (Å²) < 4.78 is 5.42. The van der Waals surface area contributed by atoms with Crippen LogP contribution in [0.2, 0.25) is 0 Å². The largest absolute Gasteiger partial charge is 0.508 e. The predicted octanol–water partition coefficient (Wildman–Crippen LogP) is 4.19. The van der Waals surface area contributed by atoms with Gasteiger partial charge in [-0.1, -0.05) is 56.3 Å². The molecule has 0 saturated carbocycles. The zero-order valence-corrected chi connectivity index (χ0v) is 13.6. The number of ether oxygens (including phenoxy) is 1. The van der Waals surface area contributed by atoms with Crippen LogP contribution in [0.5, 0.6) is 5.75 Å². The van der Waals surface area contributed by atoms with Crippen molar-refractivity contribution in [2.24, 2.45) is 5.92 Å². The van der Waals surface area contributed by atoms with Crippen LogP contribution in [-0.4, -0.2) is 22.6 Å². The quantitative estimate of drug-likeness (QED) is 0.870. The lowest BCUT2D eigenvalue weighted by molar-refractivity contribution is 0.0893. The number of rotatable bonds is 6.